The van der Waals surface area contributed by atoms with E-state index >= 15 is 0 Å². The molecule has 1 heterocycles. The first kappa shape index (κ1) is 32.5. The highest BCUT2D eigenvalue weighted by Gasteiger charge is 2.51. The smallest absolute Gasteiger partial charge is 0.164 e. The van der Waals surface area contributed by atoms with Crippen molar-refractivity contribution >= 4 is 0 Å². The summed E-state index contributed by atoms with van der Waals surface area (Å²) >= 11 is 0. The average Bonchev–Trinajstić information content (AvgIpc) is 3.23. The zero-order chi connectivity index (χ0) is 36.1. The molecule has 4 aliphatic rings. The fourth-order valence-electron chi connectivity index (χ4n) is 10.3. The van der Waals surface area contributed by atoms with Crippen LogP contribution in [0.2, 0.25) is 0 Å². The monoisotopic (exact) mass is 696 g/mol. The van der Waals surface area contributed by atoms with Crippen molar-refractivity contribution in [3.8, 4) is 73.6 Å². The predicted molar refractivity (Wildman–Crippen MR) is 217 cm³/mol. The second-order valence-corrected chi connectivity index (χ2v) is 15.8. The first-order valence-corrected chi connectivity index (χ1v) is 19.3. The highest BCUT2D eigenvalue weighted by molar-refractivity contribution is 5.87. The fourth-order valence-corrected chi connectivity index (χ4v) is 10.3. The molecule has 4 heteroatoms. The SMILES string of the molecule is N#Cc1c(-c2ccccc2)cc(-c2nc(-c3ccccc3)nc(-c3cccc(-c4ccccc4)c3)n2)cc1-c1ccc(C23CC4C[C@H](C2)C[C@@H](C4)C3)cc1. The molecule has 0 amide bonds. The highest BCUT2D eigenvalue weighted by atomic mass is 15.0. The molecule has 0 N–H and O–H groups in total. The molecule has 0 atom stereocenters. The Morgan fingerprint density at radius 1 is 0.426 bits per heavy atom. The van der Waals surface area contributed by atoms with Crippen molar-refractivity contribution < 1.29 is 0 Å². The molecule has 4 saturated carbocycles. The fraction of sp³-hybridized carbons (Fsp3) is 0.200. The molecule has 4 nitrogen and oxygen atoms in total. The van der Waals surface area contributed by atoms with Crippen molar-refractivity contribution in [3.05, 3.63) is 163 Å². The van der Waals surface area contributed by atoms with E-state index in [0.29, 0.717) is 28.5 Å². The molecule has 4 fully saturated rings. The molecule has 0 unspecified atom stereocenters. The van der Waals surface area contributed by atoms with Crippen molar-refractivity contribution in [1.82, 2.24) is 15.0 Å². The summed E-state index contributed by atoms with van der Waals surface area (Å²) < 4.78 is 0. The lowest BCUT2D eigenvalue weighted by atomic mass is 9.48. The third-order valence-electron chi connectivity index (χ3n) is 12.3. The van der Waals surface area contributed by atoms with E-state index in [1.807, 2.05) is 54.6 Å². The van der Waals surface area contributed by atoms with E-state index in [1.54, 1.807) is 0 Å². The number of nitriles is 1. The average molecular weight is 697 g/mol. The molecule has 4 aliphatic carbocycles. The number of hydrogen-bond donors (Lipinski definition) is 0. The molecule has 0 spiro atoms. The summed E-state index contributed by atoms with van der Waals surface area (Å²) in [6, 6.07) is 55.1. The van der Waals surface area contributed by atoms with Crippen LogP contribution in [0.4, 0.5) is 0 Å². The zero-order valence-electron chi connectivity index (χ0n) is 30.2. The van der Waals surface area contributed by atoms with Gasteiger partial charge in [-0.05, 0) is 108 Å². The summed E-state index contributed by atoms with van der Waals surface area (Å²) in [7, 11) is 0. The molecule has 1 aromatic heterocycles. The molecular formula is C50H40N4. The Kier molecular flexibility index (Phi) is 8.02. The molecule has 54 heavy (non-hydrogen) atoms. The van der Waals surface area contributed by atoms with E-state index in [2.05, 4.69) is 103 Å². The van der Waals surface area contributed by atoms with Gasteiger partial charge in [-0.3, -0.25) is 0 Å². The van der Waals surface area contributed by atoms with E-state index in [1.165, 1.54) is 44.1 Å². The summed E-state index contributed by atoms with van der Waals surface area (Å²) in [6.45, 7) is 0. The van der Waals surface area contributed by atoms with Crippen molar-refractivity contribution in [2.24, 2.45) is 17.8 Å². The lowest BCUT2D eigenvalue weighted by Crippen LogP contribution is -2.48. The molecule has 0 saturated heterocycles. The number of hydrogen-bond acceptors (Lipinski definition) is 4. The number of aromatic nitrogens is 3. The van der Waals surface area contributed by atoms with E-state index in [9.17, 15) is 5.26 Å². The van der Waals surface area contributed by atoms with E-state index in [0.717, 1.165) is 67.8 Å². The summed E-state index contributed by atoms with van der Waals surface area (Å²) in [4.78, 5) is 15.3. The van der Waals surface area contributed by atoms with Crippen LogP contribution < -0.4 is 0 Å². The topological polar surface area (TPSA) is 62.5 Å². The quantitative estimate of drug-likeness (QED) is 0.166. The Hall–Kier alpha value is -6.18. The van der Waals surface area contributed by atoms with Crippen LogP contribution in [-0.2, 0) is 5.41 Å². The van der Waals surface area contributed by atoms with E-state index < -0.39 is 0 Å². The summed E-state index contributed by atoms with van der Waals surface area (Å²) in [5, 5.41) is 10.8. The van der Waals surface area contributed by atoms with Crippen LogP contribution in [-0.4, -0.2) is 15.0 Å². The van der Waals surface area contributed by atoms with Gasteiger partial charge in [-0.25, -0.2) is 15.0 Å². The van der Waals surface area contributed by atoms with Gasteiger partial charge in [0.2, 0.25) is 0 Å². The lowest BCUT2D eigenvalue weighted by Gasteiger charge is -2.57. The molecule has 11 rings (SSSR count). The van der Waals surface area contributed by atoms with E-state index in [-0.39, 0.29) is 0 Å². The van der Waals surface area contributed by atoms with Crippen molar-refractivity contribution in [2.75, 3.05) is 0 Å². The molecule has 0 aliphatic heterocycles. The maximum Gasteiger partial charge on any atom is 0.164 e. The largest absolute Gasteiger partial charge is 0.208 e. The van der Waals surface area contributed by atoms with Gasteiger partial charge < -0.3 is 0 Å². The minimum Gasteiger partial charge on any atom is -0.208 e. The number of rotatable bonds is 7. The van der Waals surface area contributed by atoms with Gasteiger partial charge in [0, 0.05) is 27.8 Å². The van der Waals surface area contributed by atoms with Crippen LogP contribution in [0.3, 0.4) is 0 Å². The predicted octanol–water partition coefficient (Wildman–Crippen LogP) is 12.2. The Morgan fingerprint density at radius 2 is 0.870 bits per heavy atom. The molecule has 4 bridgehead atoms. The van der Waals surface area contributed by atoms with E-state index in [4.69, 9.17) is 15.0 Å². The molecular weight excluding hydrogens is 657 g/mol. The maximum absolute atomic E-state index is 10.8. The lowest BCUT2D eigenvalue weighted by molar-refractivity contribution is -0.00518. The van der Waals surface area contributed by atoms with Gasteiger partial charge in [-0.1, -0.05) is 133 Å². The van der Waals surface area contributed by atoms with Crippen LogP contribution in [0.5, 0.6) is 0 Å². The van der Waals surface area contributed by atoms with Crippen LogP contribution in [0.25, 0.3) is 67.5 Å². The van der Waals surface area contributed by atoms with Gasteiger partial charge in [0.1, 0.15) is 6.07 Å². The normalized spacial score (nSPS) is 21.1. The minimum absolute atomic E-state index is 0.315. The second kappa shape index (κ2) is 13.3. The minimum atomic E-state index is 0.315. The van der Waals surface area contributed by atoms with Gasteiger partial charge in [-0.2, -0.15) is 5.26 Å². The Morgan fingerprint density at radius 3 is 1.43 bits per heavy atom. The van der Waals surface area contributed by atoms with Crippen molar-refractivity contribution in [1.29, 1.82) is 5.26 Å². The maximum atomic E-state index is 10.8. The molecule has 6 aromatic carbocycles. The molecule has 7 aromatic rings. The third kappa shape index (κ3) is 5.91. The van der Waals surface area contributed by atoms with Gasteiger partial charge >= 0.3 is 0 Å². The number of nitrogens with zero attached hydrogens (tertiary/aromatic N) is 4. The van der Waals surface area contributed by atoms with Gasteiger partial charge in [-0.15, -0.1) is 0 Å². The Bertz CT molecular complexity index is 2480. The summed E-state index contributed by atoms with van der Waals surface area (Å²) in [6.07, 6.45) is 8.28. The van der Waals surface area contributed by atoms with Crippen LogP contribution in [0, 0.1) is 29.1 Å². The Balaban J connectivity index is 1.13. The van der Waals surface area contributed by atoms with Crippen LogP contribution in [0.15, 0.2) is 152 Å². The van der Waals surface area contributed by atoms with Crippen LogP contribution in [0.1, 0.15) is 49.7 Å². The Labute approximate surface area is 317 Å². The van der Waals surface area contributed by atoms with Gasteiger partial charge in [0.15, 0.2) is 17.5 Å². The summed E-state index contributed by atoms with van der Waals surface area (Å²) in [5.74, 6) is 4.43. The molecule has 0 radical (unpaired) electrons. The van der Waals surface area contributed by atoms with Crippen LogP contribution >= 0.6 is 0 Å². The highest BCUT2D eigenvalue weighted by Crippen LogP contribution is 2.60. The standard InChI is InChI=1S/C50H40N4/c51-32-46-44(37-13-6-2-7-14-37)27-42(28-45(46)38-19-21-43(22-20-38)50-29-33-23-34(30-50)25-35(24-33)31-50)49-53-47(39-15-8-3-9-16-39)52-48(54-49)41-18-10-17-40(26-41)36-11-4-1-5-12-36/h1-22,26-28,33-35H,23-25,29-31H2/t33-,34+,35?,50?. The third-order valence-corrected chi connectivity index (χ3v) is 12.3. The van der Waals surface area contributed by atoms with Gasteiger partial charge in [0.25, 0.3) is 0 Å². The second-order valence-electron chi connectivity index (χ2n) is 15.8. The molecule has 260 valence electrons. The van der Waals surface area contributed by atoms with Gasteiger partial charge in [0.05, 0.1) is 5.56 Å². The first-order chi connectivity index (χ1) is 26.6. The summed E-state index contributed by atoms with van der Waals surface area (Å²) in [5.41, 5.74) is 11.1. The first-order valence-electron chi connectivity index (χ1n) is 19.3. The number of benzene rings is 6. The van der Waals surface area contributed by atoms with Crippen molar-refractivity contribution in [3.63, 3.8) is 0 Å². The van der Waals surface area contributed by atoms with Crippen molar-refractivity contribution in [2.45, 2.75) is 43.9 Å². The zero-order valence-corrected chi connectivity index (χ0v) is 30.2.